The van der Waals surface area contributed by atoms with E-state index in [-0.39, 0.29) is 40.8 Å². The zero-order valence-electron chi connectivity index (χ0n) is 17.0. The van der Waals surface area contributed by atoms with Crippen LogP contribution >= 0.6 is 0 Å². The largest absolute Gasteiger partial charge is 0.573 e. The summed E-state index contributed by atoms with van der Waals surface area (Å²) in [6.45, 7) is 1.44. The molecule has 3 rings (SSSR count). The highest BCUT2D eigenvalue weighted by Gasteiger charge is 2.37. The van der Waals surface area contributed by atoms with Crippen LogP contribution in [0, 0.1) is 5.41 Å². The third kappa shape index (κ3) is 6.24. The third-order valence-electron chi connectivity index (χ3n) is 4.85. The second-order valence-electron chi connectivity index (χ2n) is 7.50. The number of rotatable bonds is 4. The van der Waals surface area contributed by atoms with Gasteiger partial charge in [0.25, 0.3) is 0 Å². The van der Waals surface area contributed by atoms with E-state index in [4.69, 9.17) is 5.41 Å². The Kier molecular flexibility index (Phi) is 6.79. The lowest BCUT2D eigenvalue weighted by Crippen LogP contribution is -2.46. The molecule has 3 N–H and O–H groups in total. The molecule has 2 aliphatic rings. The van der Waals surface area contributed by atoms with E-state index >= 15 is 0 Å². The summed E-state index contributed by atoms with van der Waals surface area (Å²) in [6, 6.07) is 1.88. The summed E-state index contributed by atoms with van der Waals surface area (Å²) in [5, 5.41) is 21.7. The summed E-state index contributed by atoms with van der Waals surface area (Å²) in [7, 11) is 0. The van der Waals surface area contributed by atoms with Gasteiger partial charge in [0.15, 0.2) is 0 Å². The van der Waals surface area contributed by atoms with Crippen molar-refractivity contribution < 1.29 is 31.1 Å². The first-order valence-electron chi connectivity index (χ1n) is 9.86. The van der Waals surface area contributed by atoms with Crippen molar-refractivity contribution in [1.29, 1.82) is 5.41 Å². The van der Waals surface area contributed by atoms with Crippen molar-refractivity contribution in [2.45, 2.75) is 57.6 Å². The molecule has 1 aliphatic carbocycles. The molecule has 6 nitrogen and oxygen atoms in total. The normalized spacial score (nSPS) is 19.2. The van der Waals surface area contributed by atoms with Crippen molar-refractivity contribution >= 4 is 17.4 Å². The molecule has 0 unspecified atom stereocenters. The molecule has 0 bridgehead atoms. The van der Waals surface area contributed by atoms with Crippen molar-refractivity contribution in [2.75, 3.05) is 0 Å². The van der Waals surface area contributed by atoms with Crippen molar-refractivity contribution in [3.8, 4) is 5.75 Å². The van der Waals surface area contributed by atoms with E-state index in [9.17, 15) is 26.3 Å². The van der Waals surface area contributed by atoms with E-state index < -0.39 is 23.9 Å². The van der Waals surface area contributed by atoms with E-state index in [1.165, 1.54) is 13.0 Å². The summed E-state index contributed by atoms with van der Waals surface area (Å²) in [5.74, 6) is -0.821. The highest BCUT2D eigenvalue weighted by Crippen LogP contribution is 2.36. The monoisotopic (exact) mass is 461 g/mol. The van der Waals surface area contributed by atoms with Gasteiger partial charge in [-0.3, -0.25) is 0 Å². The Morgan fingerprint density at radius 3 is 2.41 bits per heavy atom. The zero-order chi connectivity index (χ0) is 23.5. The van der Waals surface area contributed by atoms with Crippen LogP contribution in [-0.4, -0.2) is 29.8 Å². The van der Waals surface area contributed by atoms with E-state index in [1.807, 2.05) is 0 Å². The number of guanidine groups is 1. The molecule has 0 aromatic heterocycles. The Labute approximate surface area is 179 Å². The standard InChI is InChI=1S/C20H21F6N5O/c1-11(27)9-15-17(30-31-18(29-15)28-13-5-3-2-4-6-13)14-8-7-12(19(21,22)23)10-16(14)32-20(24,25)26/h7-10,13,27H,2-6H2,1H3,(H2,28,29,31)/b15-9-,27-11?. The van der Waals surface area contributed by atoms with Gasteiger partial charge in [-0.1, -0.05) is 19.3 Å². The fourth-order valence-electron chi connectivity index (χ4n) is 3.49. The van der Waals surface area contributed by atoms with Gasteiger partial charge in [0.1, 0.15) is 11.5 Å². The van der Waals surface area contributed by atoms with Crippen molar-refractivity contribution in [2.24, 2.45) is 10.2 Å². The molecular weight excluding hydrogens is 440 g/mol. The summed E-state index contributed by atoms with van der Waals surface area (Å²) < 4.78 is 81.7. The van der Waals surface area contributed by atoms with Gasteiger partial charge in [0.2, 0.25) is 5.96 Å². The lowest BCUT2D eigenvalue weighted by molar-refractivity contribution is -0.274. The van der Waals surface area contributed by atoms with Gasteiger partial charge in [-0.15, -0.1) is 23.4 Å². The molecule has 1 aromatic rings. The quantitative estimate of drug-likeness (QED) is 0.430. The molecule has 1 fully saturated rings. The fraction of sp³-hybridized carbons (Fsp3) is 0.450. The van der Waals surface area contributed by atoms with Gasteiger partial charge in [-0.25, -0.2) is 0 Å². The lowest BCUT2D eigenvalue weighted by Gasteiger charge is -2.27. The van der Waals surface area contributed by atoms with Crippen LogP contribution < -0.4 is 15.4 Å². The Morgan fingerprint density at radius 2 is 1.81 bits per heavy atom. The number of alkyl halides is 6. The number of hydrogen-bond acceptors (Lipinski definition) is 6. The summed E-state index contributed by atoms with van der Waals surface area (Å²) in [5.41, 5.74) is -1.68. The maximum Gasteiger partial charge on any atom is 0.573 e. The number of hydrogen-bond donors (Lipinski definition) is 3. The van der Waals surface area contributed by atoms with Crippen LogP contribution in [0.15, 0.2) is 40.2 Å². The predicted octanol–water partition coefficient (Wildman–Crippen LogP) is 5.11. The molecule has 0 atom stereocenters. The molecule has 1 aromatic carbocycles. The summed E-state index contributed by atoms with van der Waals surface area (Å²) in [4.78, 5) is 0. The number of nitrogens with one attached hydrogen (secondary N) is 3. The molecule has 0 radical (unpaired) electrons. The van der Waals surface area contributed by atoms with Gasteiger partial charge in [0, 0.05) is 17.3 Å². The van der Waals surface area contributed by atoms with Crippen LogP contribution in [0.2, 0.25) is 0 Å². The molecule has 12 heteroatoms. The second-order valence-corrected chi connectivity index (χ2v) is 7.50. The first-order valence-corrected chi connectivity index (χ1v) is 9.86. The van der Waals surface area contributed by atoms with Crippen LogP contribution in [0.25, 0.3) is 0 Å². The maximum atomic E-state index is 13.0. The van der Waals surface area contributed by atoms with Crippen LogP contribution in [0.5, 0.6) is 5.75 Å². The molecule has 0 saturated heterocycles. The van der Waals surface area contributed by atoms with Gasteiger partial charge < -0.3 is 20.8 Å². The summed E-state index contributed by atoms with van der Waals surface area (Å²) >= 11 is 0. The molecule has 32 heavy (non-hydrogen) atoms. The van der Waals surface area contributed by atoms with Crippen LogP contribution in [0.4, 0.5) is 26.3 Å². The van der Waals surface area contributed by atoms with Crippen molar-refractivity contribution in [3.63, 3.8) is 0 Å². The van der Waals surface area contributed by atoms with E-state index in [1.54, 1.807) is 0 Å². The average molecular weight is 461 g/mol. The first kappa shape index (κ1) is 23.6. The minimum Gasteiger partial charge on any atom is -0.405 e. The topological polar surface area (TPSA) is 81.9 Å². The number of benzene rings is 1. The fourth-order valence-corrected chi connectivity index (χ4v) is 3.49. The molecule has 0 amide bonds. The third-order valence-corrected chi connectivity index (χ3v) is 4.85. The molecule has 174 valence electrons. The van der Waals surface area contributed by atoms with Gasteiger partial charge in [0.05, 0.1) is 11.3 Å². The molecule has 0 spiro atoms. The number of nitrogens with zero attached hydrogens (tertiary/aromatic N) is 2. The Morgan fingerprint density at radius 1 is 1.12 bits per heavy atom. The Balaban J connectivity index is 2.02. The minimum atomic E-state index is -5.22. The van der Waals surface area contributed by atoms with Crippen molar-refractivity contribution in [1.82, 2.24) is 10.6 Å². The molecular formula is C20H21F6N5O. The van der Waals surface area contributed by atoms with Gasteiger partial charge in [-0.05, 0) is 44.0 Å². The SMILES string of the molecule is CC(=N)/C=C1\NC(NC2CCCCC2)=NN=C1c1ccc(C(F)(F)F)cc1OC(F)(F)F. The number of allylic oxidation sites excluding steroid dienone is 2. The maximum absolute atomic E-state index is 13.0. The lowest BCUT2D eigenvalue weighted by atomic mass is 9.96. The Bertz CT molecular complexity index is 958. The average Bonchev–Trinajstić information content (AvgIpc) is 2.67. The molecule has 1 heterocycles. The van der Waals surface area contributed by atoms with Crippen molar-refractivity contribution in [3.05, 3.63) is 41.1 Å². The second kappa shape index (κ2) is 9.21. The first-order chi connectivity index (χ1) is 14.9. The highest BCUT2D eigenvalue weighted by molar-refractivity contribution is 6.19. The molecule has 1 aliphatic heterocycles. The van der Waals surface area contributed by atoms with E-state index in [0.29, 0.717) is 6.07 Å². The van der Waals surface area contributed by atoms with Gasteiger partial charge >= 0.3 is 12.5 Å². The predicted molar refractivity (Wildman–Crippen MR) is 107 cm³/mol. The van der Waals surface area contributed by atoms with Crippen LogP contribution in [-0.2, 0) is 6.18 Å². The number of ether oxygens (including phenoxy) is 1. The molecule has 1 saturated carbocycles. The van der Waals surface area contributed by atoms with Gasteiger partial charge in [-0.2, -0.15) is 13.2 Å². The minimum absolute atomic E-state index is 0.0457. The summed E-state index contributed by atoms with van der Waals surface area (Å²) in [6.07, 6.45) is -3.73. The smallest absolute Gasteiger partial charge is 0.405 e. The van der Waals surface area contributed by atoms with Crippen LogP contribution in [0.3, 0.4) is 0 Å². The Hall–Kier alpha value is -3.05. The zero-order valence-corrected chi connectivity index (χ0v) is 17.0. The van der Waals surface area contributed by atoms with Crippen LogP contribution in [0.1, 0.15) is 50.2 Å². The highest BCUT2D eigenvalue weighted by atomic mass is 19.4. The van der Waals surface area contributed by atoms with E-state index in [0.717, 1.165) is 38.2 Å². The van der Waals surface area contributed by atoms with E-state index in [2.05, 4.69) is 25.6 Å². The number of halogens is 6.